The number of hydrogen-bond donors (Lipinski definition) is 2. The van der Waals surface area contributed by atoms with E-state index >= 15 is 0 Å². The Kier molecular flexibility index (Phi) is 3.51. The number of hydrogen-bond acceptors (Lipinski definition) is 4. The monoisotopic (exact) mass is 318 g/mol. The highest BCUT2D eigenvalue weighted by atomic mass is 16.1. The van der Waals surface area contributed by atoms with Gasteiger partial charge in [0.15, 0.2) is 0 Å². The van der Waals surface area contributed by atoms with Crippen molar-refractivity contribution in [2.24, 2.45) is 0 Å². The Hall–Kier alpha value is -3.48. The molecule has 0 saturated carbocycles. The van der Waals surface area contributed by atoms with Crippen LogP contribution in [0, 0.1) is 0 Å². The zero-order valence-electron chi connectivity index (χ0n) is 12.7. The van der Waals surface area contributed by atoms with Crippen molar-refractivity contribution in [2.75, 3.05) is 0 Å². The largest absolute Gasteiger partial charge is 0.346 e. The molecular weight excluding hydrogens is 304 g/mol. The SMILES string of the molecule is O=C(NCc1cn(-c2ccccc2)nn1)c1ccc2nc[nH]c2c1. The van der Waals surface area contributed by atoms with Gasteiger partial charge in [-0.15, -0.1) is 5.10 Å². The number of imidazole rings is 1. The zero-order valence-corrected chi connectivity index (χ0v) is 12.7. The topological polar surface area (TPSA) is 88.5 Å². The molecule has 4 aromatic rings. The first kappa shape index (κ1) is 14.1. The van der Waals surface area contributed by atoms with E-state index < -0.39 is 0 Å². The standard InChI is InChI=1S/C17H14N6O/c24-17(12-6-7-15-16(8-12)20-11-19-15)18-9-13-10-23(22-21-13)14-4-2-1-3-5-14/h1-8,10-11H,9H2,(H,18,24)(H,19,20). The third kappa shape index (κ3) is 2.74. The molecule has 118 valence electrons. The highest BCUT2D eigenvalue weighted by Gasteiger charge is 2.09. The molecule has 2 aromatic carbocycles. The van der Waals surface area contributed by atoms with Crippen LogP contribution in [0.5, 0.6) is 0 Å². The Morgan fingerprint density at radius 1 is 1.17 bits per heavy atom. The van der Waals surface area contributed by atoms with Crippen LogP contribution < -0.4 is 5.32 Å². The summed E-state index contributed by atoms with van der Waals surface area (Å²) >= 11 is 0. The maximum atomic E-state index is 12.3. The molecule has 0 aliphatic heterocycles. The molecule has 24 heavy (non-hydrogen) atoms. The molecule has 1 amide bonds. The van der Waals surface area contributed by atoms with Crippen LogP contribution in [0.15, 0.2) is 61.1 Å². The van der Waals surface area contributed by atoms with E-state index in [1.54, 1.807) is 29.3 Å². The van der Waals surface area contributed by atoms with Gasteiger partial charge in [0.05, 0.1) is 35.8 Å². The molecule has 0 fully saturated rings. The van der Waals surface area contributed by atoms with Crippen LogP contribution in [-0.2, 0) is 6.54 Å². The molecular formula is C17H14N6O. The number of aromatic amines is 1. The van der Waals surface area contributed by atoms with Crippen molar-refractivity contribution in [3.8, 4) is 5.69 Å². The molecule has 2 aromatic heterocycles. The molecule has 4 rings (SSSR count). The molecule has 0 aliphatic rings. The lowest BCUT2D eigenvalue weighted by Gasteiger charge is -2.03. The van der Waals surface area contributed by atoms with Crippen LogP contribution in [0.2, 0.25) is 0 Å². The van der Waals surface area contributed by atoms with Crippen LogP contribution in [-0.4, -0.2) is 30.9 Å². The summed E-state index contributed by atoms with van der Waals surface area (Å²) in [6, 6.07) is 15.0. The summed E-state index contributed by atoms with van der Waals surface area (Å²) in [5.74, 6) is -0.166. The van der Waals surface area contributed by atoms with Crippen molar-refractivity contribution >= 4 is 16.9 Å². The van der Waals surface area contributed by atoms with Gasteiger partial charge in [-0.3, -0.25) is 4.79 Å². The third-order valence-electron chi connectivity index (χ3n) is 3.67. The average Bonchev–Trinajstić information content (AvgIpc) is 3.29. The summed E-state index contributed by atoms with van der Waals surface area (Å²) in [5.41, 5.74) is 3.85. The van der Waals surface area contributed by atoms with Crippen molar-refractivity contribution in [1.29, 1.82) is 0 Å². The van der Waals surface area contributed by atoms with E-state index in [0.29, 0.717) is 17.8 Å². The van der Waals surface area contributed by atoms with Crippen LogP contribution in [0.3, 0.4) is 0 Å². The quantitative estimate of drug-likeness (QED) is 0.603. The Morgan fingerprint density at radius 2 is 2.04 bits per heavy atom. The van der Waals surface area contributed by atoms with Crippen molar-refractivity contribution in [3.63, 3.8) is 0 Å². The Balaban J connectivity index is 1.45. The number of rotatable bonds is 4. The second-order valence-corrected chi connectivity index (χ2v) is 5.31. The van der Waals surface area contributed by atoms with Crippen LogP contribution in [0.1, 0.15) is 16.1 Å². The Labute approximate surface area is 137 Å². The number of carbonyl (C=O) groups is 1. The fourth-order valence-electron chi connectivity index (χ4n) is 2.44. The molecule has 2 heterocycles. The molecule has 0 unspecified atom stereocenters. The van der Waals surface area contributed by atoms with Crippen molar-refractivity contribution in [3.05, 3.63) is 72.3 Å². The summed E-state index contributed by atoms with van der Waals surface area (Å²) in [7, 11) is 0. The van der Waals surface area contributed by atoms with E-state index in [1.807, 2.05) is 36.4 Å². The fraction of sp³-hybridized carbons (Fsp3) is 0.0588. The van der Waals surface area contributed by atoms with Gasteiger partial charge in [-0.2, -0.15) is 0 Å². The van der Waals surface area contributed by atoms with E-state index in [-0.39, 0.29) is 5.91 Å². The summed E-state index contributed by atoms with van der Waals surface area (Å²) < 4.78 is 1.68. The number of nitrogens with zero attached hydrogens (tertiary/aromatic N) is 4. The van der Waals surface area contributed by atoms with Crippen molar-refractivity contribution in [2.45, 2.75) is 6.54 Å². The maximum absolute atomic E-state index is 12.3. The molecule has 0 atom stereocenters. The van der Waals surface area contributed by atoms with Gasteiger partial charge < -0.3 is 10.3 Å². The molecule has 7 heteroatoms. The van der Waals surface area contributed by atoms with Gasteiger partial charge >= 0.3 is 0 Å². The molecule has 0 spiro atoms. The number of carbonyl (C=O) groups excluding carboxylic acids is 1. The van der Waals surface area contributed by atoms with Gasteiger partial charge in [-0.25, -0.2) is 9.67 Å². The van der Waals surface area contributed by atoms with Gasteiger partial charge in [0, 0.05) is 5.56 Å². The fourth-order valence-corrected chi connectivity index (χ4v) is 2.44. The minimum absolute atomic E-state index is 0.166. The van der Waals surface area contributed by atoms with Gasteiger partial charge in [-0.05, 0) is 30.3 Å². The number of para-hydroxylation sites is 1. The smallest absolute Gasteiger partial charge is 0.251 e. The number of nitrogens with one attached hydrogen (secondary N) is 2. The van der Waals surface area contributed by atoms with Crippen LogP contribution >= 0.6 is 0 Å². The van der Waals surface area contributed by atoms with E-state index in [9.17, 15) is 4.79 Å². The molecule has 0 bridgehead atoms. The van der Waals surface area contributed by atoms with Gasteiger partial charge in [0.1, 0.15) is 5.69 Å². The lowest BCUT2D eigenvalue weighted by molar-refractivity contribution is 0.0950. The second kappa shape index (κ2) is 5.96. The lowest BCUT2D eigenvalue weighted by Crippen LogP contribution is -2.22. The molecule has 2 N–H and O–H groups in total. The predicted molar refractivity (Wildman–Crippen MR) is 88.6 cm³/mol. The molecule has 0 radical (unpaired) electrons. The first-order valence-corrected chi connectivity index (χ1v) is 7.47. The van der Waals surface area contributed by atoms with Gasteiger partial charge in [0.2, 0.25) is 0 Å². The molecule has 0 aliphatic carbocycles. The normalized spacial score (nSPS) is 10.8. The minimum atomic E-state index is -0.166. The molecule has 7 nitrogen and oxygen atoms in total. The van der Waals surface area contributed by atoms with Gasteiger partial charge in [0.25, 0.3) is 5.91 Å². The summed E-state index contributed by atoms with van der Waals surface area (Å²) in [5, 5.41) is 11.0. The number of amides is 1. The lowest BCUT2D eigenvalue weighted by atomic mass is 10.2. The first-order chi connectivity index (χ1) is 11.8. The summed E-state index contributed by atoms with van der Waals surface area (Å²) in [6.45, 7) is 0.312. The van der Waals surface area contributed by atoms with Crippen molar-refractivity contribution in [1.82, 2.24) is 30.3 Å². The van der Waals surface area contributed by atoms with Crippen LogP contribution in [0.25, 0.3) is 16.7 Å². The summed E-state index contributed by atoms with van der Waals surface area (Å²) in [6.07, 6.45) is 3.40. The Morgan fingerprint density at radius 3 is 2.92 bits per heavy atom. The van der Waals surface area contributed by atoms with E-state index in [2.05, 4.69) is 25.6 Å². The minimum Gasteiger partial charge on any atom is -0.346 e. The number of H-pyrrole nitrogens is 1. The number of benzene rings is 2. The Bertz CT molecular complexity index is 988. The van der Waals surface area contributed by atoms with E-state index in [4.69, 9.17) is 0 Å². The van der Waals surface area contributed by atoms with Crippen molar-refractivity contribution < 1.29 is 4.79 Å². The zero-order chi connectivity index (χ0) is 16.4. The van der Waals surface area contributed by atoms with E-state index in [0.717, 1.165) is 16.7 Å². The number of fused-ring (bicyclic) bond motifs is 1. The molecule has 0 saturated heterocycles. The predicted octanol–water partition coefficient (Wildman–Crippen LogP) is 2.07. The second-order valence-electron chi connectivity index (χ2n) is 5.31. The first-order valence-electron chi connectivity index (χ1n) is 7.47. The highest BCUT2D eigenvalue weighted by molar-refractivity contribution is 5.97. The third-order valence-corrected chi connectivity index (χ3v) is 3.67. The average molecular weight is 318 g/mol. The van der Waals surface area contributed by atoms with Gasteiger partial charge in [-0.1, -0.05) is 23.4 Å². The van der Waals surface area contributed by atoms with E-state index in [1.165, 1.54) is 0 Å². The summed E-state index contributed by atoms with van der Waals surface area (Å²) in [4.78, 5) is 19.4. The maximum Gasteiger partial charge on any atom is 0.251 e. The van der Waals surface area contributed by atoms with Crippen LogP contribution in [0.4, 0.5) is 0 Å². The number of aromatic nitrogens is 5. The highest BCUT2D eigenvalue weighted by Crippen LogP contribution is 2.12.